The molecule has 3 rings (SSSR count). The highest BCUT2D eigenvalue weighted by Crippen LogP contribution is 2.40. The van der Waals surface area contributed by atoms with Gasteiger partial charge >= 0.3 is 0 Å². The summed E-state index contributed by atoms with van der Waals surface area (Å²) in [5, 5.41) is 3.48. The maximum Gasteiger partial charge on any atom is 0.131 e. The molecule has 0 radical (unpaired) electrons. The molecule has 0 spiro atoms. The molecular formula is C17H28N4. The second-order valence-corrected chi connectivity index (χ2v) is 7.77. The standard InChI is InChI=1S/C17H28N4/c1-17(2,3)20-11-12-9-18-16(19-10-12)13-7-14-5-6-15(8-13)21(14)4/h9-10,13-15,20H,5-8,11H2,1-4H3. The quantitative estimate of drug-likeness (QED) is 0.928. The Labute approximate surface area is 128 Å². The molecule has 3 heterocycles. The van der Waals surface area contributed by atoms with Crippen LogP contribution in [0.2, 0.25) is 0 Å². The minimum absolute atomic E-state index is 0.131. The van der Waals surface area contributed by atoms with E-state index in [1.165, 1.54) is 31.2 Å². The topological polar surface area (TPSA) is 41.1 Å². The monoisotopic (exact) mass is 288 g/mol. The Morgan fingerprint density at radius 3 is 2.24 bits per heavy atom. The zero-order valence-corrected chi connectivity index (χ0v) is 13.8. The number of hydrogen-bond acceptors (Lipinski definition) is 4. The average Bonchev–Trinajstić information content (AvgIpc) is 2.66. The predicted octanol–water partition coefficient (Wildman–Crippen LogP) is 2.70. The Kier molecular flexibility index (Phi) is 4.02. The summed E-state index contributed by atoms with van der Waals surface area (Å²) in [5.41, 5.74) is 1.30. The van der Waals surface area contributed by atoms with Gasteiger partial charge in [0, 0.05) is 48.0 Å². The number of nitrogens with zero attached hydrogens (tertiary/aromatic N) is 3. The molecule has 2 unspecified atom stereocenters. The average molecular weight is 288 g/mol. The van der Waals surface area contributed by atoms with Crippen molar-refractivity contribution in [1.29, 1.82) is 0 Å². The fourth-order valence-corrected chi connectivity index (χ4v) is 3.66. The summed E-state index contributed by atoms with van der Waals surface area (Å²) in [4.78, 5) is 11.9. The van der Waals surface area contributed by atoms with Crippen LogP contribution in [0, 0.1) is 0 Å². The van der Waals surface area contributed by atoms with Crippen molar-refractivity contribution in [2.45, 2.75) is 76.5 Å². The van der Waals surface area contributed by atoms with Crippen molar-refractivity contribution in [2.75, 3.05) is 7.05 Å². The summed E-state index contributed by atoms with van der Waals surface area (Å²) in [7, 11) is 2.28. The van der Waals surface area contributed by atoms with E-state index in [0.717, 1.165) is 24.5 Å². The fourth-order valence-electron chi connectivity index (χ4n) is 3.66. The Morgan fingerprint density at radius 2 is 1.71 bits per heavy atom. The van der Waals surface area contributed by atoms with Crippen LogP contribution in [0.15, 0.2) is 12.4 Å². The second kappa shape index (κ2) is 5.65. The van der Waals surface area contributed by atoms with Crippen molar-refractivity contribution in [1.82, 2.24) is 20.2 Å². The lowest BCUT2D eigenvalue weighted by Gasteiger charge is -2.35. The molecule has 0 aliphatic carbocycles. The number of piperidine rings is 1. The number of fused-ring (bicyclic) bond motifs is 2. The Balaban J connectivity index is 1.62. The van der Waals surface area contributed by atoms with Crippen molar-refractivity contribution in [3.8, 4) is 0 Å². The molecule has 2 aliphatic heterocycles. The van der Waals surface area contributed by atoms with Crippen LogP contribution in [0.25, 0.3) is 0 Å². The van der Waals surface area contributed by atoms with Crippen molar-refractivity contribution in [3.05, 3.63) is 23.8 Å². The van der Waals surface area contributed by atoms with E-state index in [1.807, 2.05) is 12.4 Å². The lowest BCUT2D eigenvalue weighted by atomic mass is 9.90. The van der Waals surface area contributed by atoms with Crippen molar-refractivity contribution in [2.24, 2.45) is 0 Å². The van der Waals surface area contributed by atoms with E-state index < -0.39 is 0 Å². The van der Waals surface area contributed by atoms with E-state index in [4.69, 9.17) is 0 Å². The molecule has 0 aromatic carbocycles. The molecule has 4 heteroatoms. The van der Waals surface area contributed by atoms with Gasteiger partial charge in [0.05, 0.1) is 0 Å². The molecule has 0 saturated carbocycles. The van der Waals surface area contributed by atoms with Gasteiger partial charge in [-0.25, -0.2) is 9.97 Å². The lowest BCUT2D eigenvalue weighted by Crippen LogP contribution is -2.39. The molecule has 1 N–H and O–H groups in total. The van der Waals surface area contributed by atoms with Gasteiger partial charge in [0.2, 0.25) is 0 Å². The van der Waals surface area contributed by atoms with Crippen molar-refractivity contribution in [3.63, 3.8) is 0 Å². The first-order valence-corrected chi connectivity index (χ1v) is 8.20. The molecule has 2 atom stereocenters. The molecular weight excluding hydrogens is 260 g/mol. The van der Waals surface area contributed by atoms with Crippen LogP contribution in [0.5, 0.6) is 0 Å². The summed E-state index contributed by atoms with van der Waals surface area (Å²) >= 11 is 0. The SMILES string of the molecule is CN1C2CCC1CC(c1ncc(CNC(C)(C)C)cn1)C2. The van der Waals surface area contributed by atoms with E-state index in [9.17, 15) is 0 Å². The Hall–Kier alpha value is -1.00. The summed E-state index contributed by atoms with van der Waals surface area (Å²) in [5.74, 6) is 1.61. The summed E-state index contributed by atoms with van der Waals surface area (Å²) in [6.07, 6.45) is 9.16. The summed E-state index contributed by atoms with van der Waals surface area (Å²) in [6, 6.07) is 1.50. The van der Waals surface area contributed by atoms with Gasteiger partial charge in [-0.15, -0.1) is 0 Å². The molecule has 1 aromatic rings. The number of rotatable bonds is 3. The van der Waals surface area contributed by atoms with E-state index in [2.05, 4.69) is 48.0 Å². The van der Waals surface area contributed by atoms with Crippen molar-refractivity contribution >= 4 is 0 Å². The first kappa shape index (κ1) is 14.9. The van der Waals surface area contributed by atoms with Gasteiger partial charge in [-0.1, -0.05) is 0 Å². The van der Waals surface area contributed by atoms with E-state index >= 15 is 0 Å². The lowest BCUT2D eigenvalue weighted by molar-refractivity contribution is 0.159. The molecule has 2 aliphatic rings. The highest BCUT2D eigenvalue weighted by molar-refractivity contribution is 5.11. The molecule has 2 saturated heterocycles. The van der Waals surface area contributed by atoms with Crippen LogP contribution in [0.3, 0.4) is 0 Å². The zero-order valence-electron chi connectivity index (χ0n) is 13.8. The van der Waals surface area contributed by atoms with Crippen LogP contribution in [0.4, 0.5) is 0 Å². The van der Waals surface area contributed by atoms with E-state index in [-0.39, 0.29) is 5.54 Å². The molecule has 1 aromatic heterocycles. The normalized spacial score (nSPS) is 29.8. The van der Waals surface area contributed by atoms with Gasteiger partial charge in [-0.05, 0) is 53.5 Å². The maximum absolute atomic E-state index is 4.66. The minimum Gasteiger partial charge on any atom is -0.308 e. The van der Waals surface area contributed by atoms with Gasteiger partial charge < -0.3 is 10.2 Å². The third kappa shape index (κ3) is 3.43. The number of nitrogens with one attached hydrogen (secondary N) is 1. The number of aromatic nitrogens is 2. The molecule has 2 bridgehead atoms. The molecule has 4 nitrogen and oxygen atoms in total. The third-order valence-corrected chi connectivity index (χ3v) is 5.01. The largest absolute Gasteiger partial charge is 0.308 e. The van der Waals surface area contributed by atoms with Crippen LogP contribution in [0.1, 0.15) is 63.8 Å². The third-order valence-electron chi connectivity index (χ3n) is 5.01. The van der Waals surface area contributed by atoms with Gasteiger partial charge in [0.25, 0.3) is 0 Å². The zero-order chi connectivity index (χ0) is 15.0. The first-order chi connectivity index (χ1) is 9.92. The summed E-state index contributed by atoms with van der Waals surface area (Å²) in [6.45, 7) is 7.37. The fraction of sp³-hybridized carbons (Fsp3) is 0.765. The van der Waals surface area contributed by atoms with Gasteiger partial charge in [0.15, 0.2) is 0 Å². The Morgan fingerprint density at radius 1 is 1.14 bits per heavy atom. The molecule has 21 heavy (non-hydrogen) atoms. The van der Waals surface area contributed by atoms with Crippen LogP contribution in [-0.2, 0) is 6.54 Å². The Bertz CT molecular complexity index is 463. The van der Waals surface area contributed by atoms with Crippen LogP contribution >= 0.6 is 0 Å². The van der Waals surface area contributed by atoms with E-state index in [1.54, 1.807) is 0 Å². The highest BCUT2D eigenvalue weighted by atomic mass is 15.2. The smallest absolute Gasteiger partial charge is 0.131 e. The van der Waals surface area contributed by atoms with Crippen LogP contribution < -0.4 is 5.32 Å². The molecule has 116 valence electrons. The molecule has 2 fully saturated rings. The van der Waals surface area contributed by atoms with Crippen LogP contribution in [-0.4, -0.2) is 39.5 Å². The number of hydrogen-bond donors (Lipinski definition) is 1. The molecule has 0 amide bonds. The maximum atomic E-state index is 4.66. The second-order valence-electron chi connectivity index (χ2n) is 7.77. The predicted molar refractivity (Wildman–Crippen MR) is 85.2 cm³/mol. The summed E-state index contributed by atoms with van der Waals surface area (Å²) < 4.78 is 0. The highest BCUT2D eigenvalue weighted by Gasteiger charge is 2.39. The van der Waals surface area contributed by atoms with Gasteiger partial charge in [-0.2, -0.15) is 0 Å². The minimum atomic E-state index is 0.131. The first-order valence-electron chi connectivity index (χ1n) is 8.20. The van der Waals surface area contributed by atoms with Crippen molar-refractivity contribution < 1.29 is 0 Å². The van der Waals surface area contributed by atoms with Gasteiger partial charge in [-0.3, -0.25) is 0 Å². The van der Waals surface area contributed by atoms with E-state index in [0.29, 0.717) is 5.92 Å². The van der Waals surface area contributed by atoms with Gasteiger partial charge in [0.1, 0.15) is 5.82 Å².